The highest BCUT2D eigenvalue weighted by molar-refractivity contribution is 5.68. The molecular formula is C26H35NO5. The lowest BCUT2D eigenvalue weighted by Crippen LogP contribution is -2.38. The van der Waals surface area contributed by atoms with Crippen LogP contribution in [0.5, 0.6) is 11.5 Å². The Morgan fingerprint density at radius 3 is 2.56 bits per heavy atom. The molecule has 1 saturated heterocycles. The summed E-state index contributed by atoms with van der Waals surface area (Å²) in [6.07, 6.45) is 2.05. The Labute approximate surface area is 191 Å². The SMILES string of the molecule is COC(=O)N1C[C@@H](c2ccc(OC)c(OCCCCc3ccccc3)c2)[C@](C)([C@@H](C)O)C1. The van der Waals surface area contributed by atoms with Crippen molar-refractivity contribution in [1.82, 2.24) is 4.90 Å². The molecular weight excluding hydrogens is 406 g/mol. The van der Waals surface area contributed by atoms with Crippen molar-refractivity contribution in [1.29, 1.82) is 0 Å². The molecule has 0 bridgehead atoms. The van der Waals surface area contributed by atoms with Crippen molar-refractivity contribution in [2.75, 3.05) is 33.9 Å². The van der Waals surface area contributed by atoms with Crippen molar-refractivity contribution >= 4 is 6.09 Å². The molecule has 0 unspecified atom stereocenters. The number of ether oxygens (including phenoxy) is 3. The van der Waals surface area contributed by atoms with Crippen LogP contribution in [0.15, 0.2) is 48.5 Å². The fourth-order valence-corrected chi connectivity index (χ4v) is 4.47. The molecule has 1 amide bonds. The summed E-state index contributed by atoms with van der Waals surface area (Å²) < 4.78 is 16.5. The van der Waals surface area contributed by atoms with E-state index in [-0.39, 0.29) is 12.0 Å². The van der Waals surface area contributed by atoms with E-state index in [4.69, 9.17) is 14.2 Å². The number of hydrogen-bond acceptors (Lipinski definition) is 5. The van der Waals surface area contributed by atoms with Gasteiger partial charge in [-0.15, -0.1) is 0 Å². The highest BCUT2D eigenvalue weighted by Gasteiger charge is 2.48. The number of unbranched alkanes of at least 4 members (excludes halogenated alkanes) is 1. The molecule has 3 rings (SSSR count). The van der Waals surface area contributed by atoms with Crippen LogP contribution in [0.4, 0.5) is 4.79 Å². The van der Waals surface area contributed by atoms with Gasteiger partial charge in [0, 0.05) is 24.4 Å². The molecule has 6 heteroatoms. The van der Waals surface area contributed by atoms with Gasteiger partial charge in [-0.05, 0) is 49.4 Å². The molecule has 1 N–H and O–H groups in total. The molecule has 2 aromatic carbocycles. The molecule has 0 aromatic heterocycles. The first-order chi connectivity index (χ1) is 15.4. The van der Waals surface area contributed by atoms with Crippen molar-refractivity contribution in [2.45, 2.75) is 45.1 Å². The van der Waals surface area contributed by atoms with Crippen molar-refractivity contribution in [3.8, 4) is 11.5 Å². The predicted molar refractivity (Wildman–Crippen MR) is 124 cm³/mol. The number of benzene rings is 2. The number of nitrogens with zero attached hydrogens (tertiary/aromatic N) is 1. The van der Waals surface area contributed by atoms with Crippen LogP contribution in [0, 0.1) is 5.41 Å². The van der Waals surface area contributed by atoms with Gasteiger partial charge in [-0.2, -0.15) is 0 Å². The van der Waals surface area contributed by atoms with E-state index in [0.717, 1.165) is 24.8 Å². The van der Waals surface area contributed by atoms with Gasteiger partial charge in [-0.25, -0.2) is 4.79 Å². The molecule has 2 aromatic rings. The van der Waals surface area contributed by atoms with Gasteiger partial charge in [0.2, 0.25) is 0 Å². The van der Waals surface area contributed by atoms with Crippen molar-refractivity contribution in [2.24, 2.45) is 5.41 Å². The maximum absolute atomic E-state index is 12.2. The van der Waals surface area contributed by atoms with Crippen LogP contribution in [0.3, 0.4) is 0 Å². The van der Waals surface area contributed by atoms with E-state index >= 15 is 0 Å². The average molecular weight is 442 g/mol. The highest BCUT2D eigenvalue weighted by Crippen LogP contribution is 2.47. The largest absolute Gasteiger partial charge is 0.493 e. The van der Waals surface area contributed by atoms with Gasteiger partial charge < -0.3 is 24.2 Å². The molecule has 1 heterocycles. The summed E-state index contributed by atoms with van der Waals surface area (Å²) in [5.41, 5.74) is 1.86. The van der Waals surface area contributed by atoms with Crippen LogP contribution in [-0.2, 0) is 11.2 Å². The molecule has 1 aliphatic heterocycles. The summed E-state index contributed by atoms with van der Waals surface area (Å²) in [5, 5.41) is 10.5. The molecule has 1 fully saturated rings. The van der Waals surface area contributed by atoms with Gasteiger partial charge in [0.25, 0.3) is 0 Å². The maximum Gasteiger partial charge on any atom is 0.409 e. The highest BCUT2D eigenvalue weighted by atomic mass is 16.5. The van der Waals surface area contributed by atoms with Gasteiger partial charge in [-0.1, -0.05) is 43.3 Å². The Balaban J connectivity index is 1.69. The predicted octanol–water partition coefficient (Wildman–Crippen LogP) is 4.65. The maximum atomic E-state index is 12.2. The molecule has 6 nitrogen and oxygen atoms in total. The van der Waals surface area contributed by atoms with Crippen LogP contribution in [0.1, 0.15) is 43.7 Å². The first-order valence-electron chi connectivity index (χ1n) is 11.2. The second-order valence-corrected chi connectivity index (χ2v) is 8.79. The Kier molecular flexibility index (Phi) is 8.02. The number of aliphatic hydroxyl groups excluding tert-OH is 1. The van der Waals surface area contributed by atoms with Crippen LogP contribution in [0.25, 0.3) is 0 Å². The van der Waals surface area contributed by atoms with Gasteiger partial charge in [0.1, 0.15) is 0 Å². The van der Waals surface area contributed by atoms with Crippen LogP contribution in [-0.4, -0.2) is 56.1 Å². The van der Waals surface area contributed by atoms with E-state index in [0.29, 0.717) is 31.2 Å². The number of carbonyl (C=O) groups excluding carboxylic acids is 1. The summed E-state index contributed by atoms with van der Waals surface area (Å²) >= 11 is 0. The van der Waals surface area contributed by atoms with Gasteiger partial charge in [-0.3, -0.25) is 0 Å². The van der Waals surface area contributed by atoms with Crippen LogP contribution < -0.4 is 9.47 Å². The summed E-state index contributed by atoms with van der Waals surface area (Å²) in [6.45, 7) is 5.31. The van der Waals surface area contributed by atoms with Crippen molar-refractivity contribution in [3.05, 3.63) is 59.7 Å². The minimum Gasteiger partial charge on any atom is -0.493 e. The third-order valence-electron chi connectivity index (χ3n) is 6.67. The number of aliphatic hydroxyl groups is 1. The third kappa shape index (κ3) is 5.36. The minimum absolute atomic E-state index is 0.0482. The average Bonchev–Trinajstić information content (AvgIpc) is 3.18. The smallest absolute Gasteiger partial charge is 0.409 e. The van der Waals surface area contributed by atoms with E-state index in [2.05, 4.69) is 24.3 Å². The molecule has 0 radical (unpaired) electrons. The Morgan fingerprint density at radius 1 is 1.16 bits per heavy atom. The second-order valence-electron chi connectivity index (χ2n) is 8.79. The Hall–Kier alpha value is -2.73. The summed E-state index contributed by atoms with van der Waals surface area (Å²) in [7, 11) is 3.01. The Bertz CT molecular complexity index is 885. The first kappa shape index (κ1) is 23.9. The van der Waals surface area contributed by atoms with Crippen molar-refractivity contribution < 1.29 is 24.1 Å². The van der Waals surface area contributed by atoms with E-state index in [1.165, 1.54) is 12.7 Å². The topological polar surface area (TPSA) is 68.2 Å². The molecule has 1 aliphatic rings. The summed E-state index contributed by atoms with van der Waals surface area (Å²) in [6, 6.07) is 16.3. The van der Waals surface area contributed by atoms with Crippen LogP contribution in [0.2, 0.25) is 0 Å². The molecule has 0 aliphatic carbocycles. The zero-order chi connectivity index (χ0) is 23.1. The molecule has 0 spiro atoms. The number of rotatable bonds is 9. The number of carbonyl (C=O) groups is 1. The standard InChI is InChI=1S/C26H35NO5/c1-19(28)26(2)18-27(25(29)31-4)17-22(26)21-13-14-23(30-3)24(16-21)32-15-9-8-12-20-10-6-5-7-11-20/h5-7,10-11,13-14,16,19,22,28H,8-9,12,15,17-18H2,1-4H3/t19-,22+,26+/m1/s1. The Morgan fingerprint density at radius 2 is 1.91 bits per heavy atom. The lowest BCUT2D eigenvalue weighted by Gasteiger charge is -2.33. The summed E-state index contributed by atoms with van der Waals surface area (Å²) in [4.78, 5) is 13.8. The minimum atomic E-state index is -0.591. The second kappa shape index (κ2) is 10.7. The van der Waals surface area contributed by atoms with Gasteiger partial charge in [0.15, 0.2) is 11.5 Å². The molecule has 32 heavy (non-hydrogen) atoms. The lowest BCUT2D eigenvalue weighted by molar-refractivity contribution is 0.0470. The first-order valence-corrected chi connectivity index (χ1v) is 11.2. The lowest BCUT2D eigenvalue weighted by atomic mass is 9.72. The number of aryl methyl sites for hydroxylation is 1. The molecule has 174 valence electrons. The molecule has 3 atom stereocenters. The van der Waals surface area contributed by atoms with E-state index < -0.39 is 11.5 Å². The van der Waals surface area contributed by atoms with E-state index in [1.807, 2.05) is 31.2 Å². The normalized spacial score (nSPS) is 21.3. The fraction of sp³-hybridized carbons (Fsp3) is 0.500. The number of methoxy groups -OCH3 is 2. The van der Waals surface area contributed by atoms with Crippen molar-refractivity contribution in [3.63, 3.8) is 0 Å². The quantitative estimate of drug-likeness (QED) is 0.574. The number of likely N-dealkylation sites (tertiary alicyclic amines) is 1. The fourth-order valence-electron chi connectivity index (χ4n) is 4.47. The van der Waals surface area contributed by atoms with Gasteiger partial charge in [0.05, 0.1) is 26.9 Å². The van der Waals surface area contributed by atoms with Crippen LogP contribution >= 0.6 is 0 Å². The third-order valence-corrected chi connectivity index (χ3v) is 6.67. The summed E-state index contributed by atoms with van der Waals surface area (Å²) in [5.74, 6) is 1.32. The zero-order valence-electron chi connectivity index (χ0n) is 19.5. The van der Waals surface area contributed by atoms with E-state index in [1.54, 1.807) is 18.9 Å². The number of hydrogen-bond donors (Lipinski definition) is 1. The monoisotopic (exact) mass is 441 g/mol. The molecule has 0 saturated carbocycles. The number of amides is 1. The zero-order valence-corrected chi connectivity index (χ0v) is 19.5. The van der Waals surface area contributed by atoms with Gasteiger partial charge >= 0.3 is 6.09 Å². The van der Waals surface area contributed by atoms with E-state index in [9.17, 15) is 9.90 Å².